The maximum Gasteiger partial charge on any atom is 0.231 e. The average Bonchev–Trinajstić information content (AvgIpc) is 3.02. The van der Waals surface area contributed by atoms with Crippen molar-refractivity contribution in [1.82, 2.24) is 15.5 Å². The van der Waals surface area contributed by atoms with Crippen molar-refractivity contribution in [3.63, 3.8) is 0 Å². The zero-order valence-corrected chi connectivity index (χ0v) is 15.0. The summed E-state index contributed by atoms with van der Waals surface area (Å²) in [5.74, 6) is 0.884. The number of hydrogen-bond donors (Lipinski definition) is 2. The third-order valence-electron chi connectivity index (χ3n) is 5.41. The molecule has 3 rings (SSSR count). The molecule has 5 heteroatoms. The van der Waals surface area contributed by atoms with Crippen LogP contribution in [0.25, 0.3) is 0 Å². The van der Waals surface area contributed by atoms with Crippen molar-refractivity contribution >= 4 is 5.91 Å². The molecule has 1 saturated carbocycles. The van der Waals surface area contributed by atoms with Gasteiger partial charge >= 0.3 is 0 Å². The van der Waals surface area contributed by atoms with E-state index in [0.29, 0.717) is 6.54 Å². The number of aromatic nitrogens is 2. The summed E-state index contributed by atoms with van der Waals surface area (Å²) in [6.07, 6.45) is 0.849. The van der Waals surface area contributed by atoms with Crippen LogP contribution in [0.15, 0.2) is 24.3 Å². The first-order valence-corrected chi connectivity index (χ1v) is 8.25. The highest BCUT2D eigenvalue weighted by atomic mass is 16.5. The zero-order chi connectivity index (χ0) is 17.5. The summed E-state index contributed by atoms with van der Waals surface area (Å²) in [7, 11) is 1.65. The van der Waals surface area contributed by atoms with Gasteiger partial charge in [-0.1, -0.05) is 26.0 Å². The molecule has 1 fully saturated rings. The molecular weight excluding hydrogens is 302 g/mol. The van der Waals surface area contributed by atoms with Gasteiger partial charge in [-0.3, -0.25) is 9.89 Å². The Morgan fingerprint density at radius 1 is 1.29 bits per heavy atom. The van der Waals surface area contributed by atoms with Crippen molar-refractivity contribution in [2.24, 2.45) is 5.41 Å². The molecule has 1 atom stereocenters. The molecule has 1 aromatic carbocycles. The van der Waals surface area contributed by atoms with Crippen LogP contribution in [-0.4, -0.2) is 23.2 Å². The van der Waals surface area contributed by atoms with Gasteiger partial charge in [-0.25, -0.2) is 0 Å². The first kappa shape index (κ1) is 16.6. The highest BCUT2D eigenvalue weighted by molar-refractivity contribution is 5.93. The van der Waals surface area contributed by atoms with Crippen LogP contribution in [-0.2, 0) is 16.8 Å². The third-order valence-corrected chi connectivity index (χ3v) is 5.41. The Morgan fingerprint density at radius 2 is 1.92 bits per heavy atom. The SMILES string of the molecule is COc1ccc(C2(C(=O)NCc3c(C)n[nH]c3C)CC2(C)C)cc1. The number of nitrogens with one attached hydrogen (secondary N) is 2. The molecule has 1 heterocycles. The van der Waals surface area contributed by atoms with Crippen LogP contribution in [0.5, 0.6) is 5.75 Å². The Labute approximate surface area is 142 Å². The lowest BCUT2D eigenvalue weighted by molar-refractivity contribution is -0.124. The van der Waals surface area contributed by atoms with E-state index in [1.807, 2.05) is 38.1 Å². The highest BCUT2D eigenvalue weighted by Crippen LogP contribution is 2.64. The smallest absolute Gasteiger partial charge is 0.231 e. The molecule has 1 amide bonds. The summed E-state index contributed by atoms with van der Waals surface area (Å²) in [6, 6.07) is 7.84. The van der Waals surface area contributed by atoms with Gasteiger partial charge in [-0.2, -0.15) is 5.10 Å². The lowest BCUT2D eigenvalue weighted by atomic mass is 9.87. The maximum absolute atomic E-state index is 13.0. The minimum Gasteiger partial charge on any atom is -0.497 e. The van der Waals surface area contributed by atoms with E-state index in [0.717, 1.165) is 34.7 Å². The second-order valence-corrected chi connectivity index (χ2v) is 7.29. The van der Waals surface area contributed by atoms with Crippen LogP contribution in [0, 0.1) is 19.3 Å². The highest BCUT2D eigenvalue weighted by Gasteiger charge is 2.66. The number of H-pyrrole nitrogens is 1. The number of hydrogen-bond acceptors (Lipinski definition) is 3. The van der Waals surface area contributed by atoms with Crippen LogP contribution in [0.1, 0.15) is 42.8 Å². The van der Waals surface area contributed by atoms with Gasteiger partial charge in [0.25, 0.3) is 0 Å². The van der Waals surface area contributed by atoms with Crippen molar-refractivity contribution in [2.75, 3.05) is 7.11 Å². The topological polar surface area (TPSA) is 67.0 Å². The third kappa shape index (κ3) is 2.48. The molecule has 0 spiro atoms. The molecule has 0 bridgehead atoms. The molecule has 0 aliphatic heterocycles. The molecule has 1 aliphatic carbocycles. The molecule has 2 N–H and O–H groups in total. The molecule has 1 aliphatic rings. The monoisotopic (exact) mass is 327 g/mol. The van der Waals surface area contributed by atoms with Crippen molar-refractivity contribution in [2.45, 2.75) is 46.1 Å². The first-order chi connectivity index (χ1) is 11.3. The lowest BCUT2D eigenvalue weighted by Gasteiger charge is -2.21. The predicted molar refractivity (Wildman–Crippen MR) is 93.0 cm³/mol. The average molecular weight is 327 g/mol. The van der Waals surface area contributed by atoms with E-state index in [1.165, 1.54) is 0 Å². The maximum atomic E-state index is 13.0. The quantitative estimate of drug-likeness (QED) is 0.887. The van der Waals surface area contributed by atoms with Crippen LogP contribution in [0.2, 0.25) is 0 Å². The number of nitrogens with zero attached hydrogens (tertiary/aromatic N) is 1. The standard InChI is InChI=1S/C19H25N3O2/c1-12-16(13(2)22-21-12)10-20-17(23)19(11-18(19,3)4)14-6-8-15(24-5)9-7-14/h6-9H,10-11H2,1-5H3,(H,20,23)(H,21,22). The first-order valence-electron chi connectivity index (χ1n) is 8.25. The largest absolute Gasteiger partial charge is 0.497 e. The van der Waals surface area contributed by atoms with Gasteiger partial charge in [0.15, 0.2) is 0 Å². The number of carbonyl (C=O) groups is 1. The molecule has 2 aromatic rings. The summed E-state index contributed by atoms with van der Waals surface area (Å²) in [5.41, 5.74) is 3.53. The fourth-order valence-corrected chi connectivity index (χ4v) is 3.66. The van der Waals surface area contributed by atoms with Gasteiger partial charge in [0.2, 0.25) is 5.91 Å². The lowest BCUT2D eigenvalue weighted by Crippen LogP contribution is -2.37. The van der Waals surface area contributed by atoms with Crippen molar-refractivity contribution < 1.29 is 9.53 Å². The minimum absolute atomic E-state index is 0.0494. The van der Waals surface area contributed by atoms with Gasteiger partial charge < -0.3 is 10.1 Å². The number of carbonyl (C=O) groups excluding carboxylic acids is 1. The Kier molecular flexibility index (Phi) is 3.90. The Hall–Kier alpha value is -2.30. The zero-order valence-electron chi connectivity index (χ0n) is 15.0. The summed E-state index contributed by atoms with van der Waals surface area (Å²) in [6.45, 7) is 8.71. The Morgan fingerprint density at radius 3 is 2.38 bits per heavy atom. The van der Waals surface area contributed by atoms with Crippen molar-refractivity contribution in [3.8, 4) is 5.75 Å². The van der Waals surface area contributed by atoms with Crippen LogP contribution in [0.4, 0.5) is 0 Å². The van der Waals surface area contributed by atoms with Crippen molar-refractivity contribution in [3.05, 3.63) is 46.8 Å². The molecule has 1 aromatic heterocycles. The molecule has 24 heavy (non-hydrogen) atoms. The molecule has 0 saturated heterocycles. The van der Waals surface area contributed by atoms with Gasteiger partial charge in [0.1, 0.15) is 5.75 Å². The number of rotatable bonds is 5. The summed E-state index contributed by atoms with van der Waals surface area (Å²) < 4.78 is 5.23. The molecule has 5 nitrogen and oxygen atoms in total. The van der Waals surface area contributed by atoms with Crippen molar-refractivity contribution in [1.29, 1.82) is 0 Å². The van der Waals surface area contributed by atoms with Crippen LogP contribution >= 0.6 is 0 Å². The number of aromatic amines is 1. The van der Waals surface area contributed by atoms with Gasteiger partial charge in [0.05, 0.1) is 18.2 Å². The molecule has 0 radical (unpaired) electrons. The van der Waals surface area contributed by atoms with Gasteiger partial charge in [-0.05, 0) is 43.4 Å². The van der Waals surface area contributed by atoms with E-state index in [4.69, 9.17) is 4.74 Å². The van der Waals surface area contributed by atoms with Gasteiger partial charge in [0, 0.05) is 17.8 Å². The van der Waals surface area contributed by atoms with E-state index in [1.54, 1.807) is 7.11 Å². The van der Waals surface area contributed by atoms with E-state index < -0.39 is 5.41 Å². The van der Waals surface area contributed by atoms with E-state index >= 15 is 0 Å². The fourth-order valence-electron chi connectivity index (χ4n) is 3.66. The Balaban J connectivity index is 1.82. The summed E-state index contributed by atoms with van der Waals surface area (Å²) in [4.78, 5) is 13.0. The predicted octanol–water partition coefficient (Wildman–Crippen LogP) is 3.02. The summed E-state index contributed by atoms with van der Waals surface area (Å²) in [5, 5.41) is 10.3. The van der Waals surface area contributed by atoms with Crippen LogP contribution in [0.3, 0.4) is 0 Å². The van der Waals surface area contributed by atoms with E-state index in [-0.39, 0.29) is 11.3 Å². The molecule has 1 unspecified atom stereocenters. The van der Waals surface area contributed by atoms with E-state index in [2.05, 4.69) is 29.4 Å². The fraction of sp³-hybridized carbons (Fsp3) is 0.474. The number of amides is 1. The van der Waals surface area contributed by atoms with Gasteiger partial charge in [-0.15, -0.1) is 0 Å². The van der Waals surface area contributed by atoms with Crippen LogP contribution < -0.4 is 10.1 Å². The second-order valence-electron chi connectivity index (χ2n) is 7.29. The second kappa shape index (κ2) is 5.65. The molecular formula is C19H25N3O2. The number of methoxy groups -OCH3 is 1. The number of ether oxygens (including phenoxy) is 1. The normalized spacial score (nSPS) is 21.4. The summed E-state index contributed by atoms with van der Waals surface area (Å²) >= 11 is 0. The van der Waals surface area contributed by atoms with E-state index in [9.17, 15) is 4.79 Å². The minimum atomic E-state index is -0.467. The number of aryl methyl sites for hydroxylation is 2. The molecule has 128 valence electrons. The Bertz CT molecular complexity index is 742. The number of benzene rings is 1.